The molecule has 0 aliphatic heterocycles. The summed E-state index contributed by atoms with van der Waals surface area (Å²) in [5.41, 5.74) is 4.32. The molecular weight excluding hydrogens is 1000 g/mol. The van der Waals surface area contributed by atoms with Gasteiger partial charge >= 0.3 is 16.6 Å². The summed E-state index contributed by atoms with van der Waals surface area (Å²) in [6.45, 7) is 3.23. The lowest BCUT2D eigenvalue weighted by Crippen LogP contribution is -2.08. The molecule has 0 atom stereocenters. The van der Waals surface area contributed by atoms with Gasteiger partial charge in [0.2, 0.25) is 11.0 Å². The largest absolute Gasteiger partial charge is 0.493 e. The second-order valence-electron chi connectivity index (χ2n) is 14.7. The van der Waals surface area contributed by atoms with Gasteiger partial charge in [-0.05, 0) is 73.0 Å². The quantitative estimate of drug-likeness (QED) is 0.0474. The monoisotopic (exact) mass is 1040 g/mol. The number of aromatic nitrogens is 3. The fourth-order valence-corrected chi connectivity index (χ4v) is 7.80. The van der Waals surface area contributed by atoms with Crippen LogP contribution in [-0.2, 0) is 30.8 Å². The number of imidazole rings is 1. The van der Waals surface area contributed by atoms with Crippen LogP contribution in [0, 0.1) is 25.2 Å². The number of pyridine rings is 1. The van der Waals surface area contributed by atoms with Crippen LogP contribution in [0.25, 0.3) is 38.7 Å². The van der Waals surface area contributed by atoms with Crippen molar-refractivity contribution in [1.29, 1.82) is 5.26 Å². The van der Waals surface area contributed by atoms with Crippen molar-refractivity contribution in [3.8, 4) is 29.0 Å². The SMILES string of the molecule is CS(=O)(=O)O.Cc1cc(N=Nc2c(C)c(C#N)c3nc4ccccc4n3c2O)c(OCCCS(=O)(=O)O)cc1N=Nc1nc(-c2ccc3ccccc3c2)c(N=Nc2ccccc2C(=O)O)s1.O=S(=O)=O. The van der Waals surface area contributed by atoms with E-state index in [4.69, 9.17) is 26.9 Å². The van der Waals surface area contributed by atoms with Gasteiger partial charge in [0.15, 0.2) is 16.3 Å². The number of nitriles is 1. The number of hydrogen-bond donors (Lipinski definition) is 4. The number of hydrogen-bond acceptors (Lipinski definition) is 20. The molecule has 8 rings (SSSR count). The Kier molecular flexibility index (Phi) is 16.5. The molecule has 8 aromatic rings. The van der Waals surface area contributed by atoms with Crippen LogP contribution in [0.15, 0.2) is 134 Å². The van der Waals surface area contributed by atoms with Gasteiger partial charge in [-0.1, -0.05) is 72.0 Å². The van der Waals surface area contributed by atoms with Gasteiger partial charge in [0.25, 0.3) is 20.2 Å². The third-order valence-corrected chi connectivity index (χ3v) is 11.3. The number of carboxylic acids is 1. The predicted molar refractivity (Wildman–Crippen MR) is 260 cm³/mol. The lowest BCUT2D eigenvalue weighted by molar-refractivity contribution is 0.0697. The molecule has 4 N–H and O–H groups in total. The summed E-state index contributed by atoms with van der Waals surface area (Å²) in [5.74, 6) is -1.86. The fraction of sp³-hybridized carbons (Fsp3) is 0.136. The van der Waals surface area contributed by atoms with Gasteiger partial charge in [-0.3, -0.25) is 13.5 Å². The van der Waals surface area contributed by atoms with Crippen LogP contribution in [0.2, 0.25) is 0 Å². The number of thiazole rings is 1. The van der Waals surface area contributed by atoms with E-state index in [1.54, 1.807) is 62.4 Å². The number of ether oxygens (including phenoxy) is 1. The van der Waals surface area contributed by atoms with Crippen molar-refractivity contribution in [2.24, 2.45) is 30.7 Å². The van der Waals surface area contributed by atoms with Crippen LogP contribution in [0.3, 0.4) is 0 Å². The molecule has 0 saturated heterocycles. The number of fused-ring (bicyclic) bond motifs is 4. The number of carboxylic acid groups (broad SMARTS) is 1. The lowest BCUT2D eigenvalue weighted by Gasteiger charge is -2.11. The summed E-state index contributed by atoms with van der Waals surface area (Å²) in [5, 5.41) is 60.2. The van der Waals surface area contributed by atoms with Gasteiger partial charge in [0.1, 0.15) is 34.5 Å². The molecule has 0 aliphatic rings. The van der Waals surface area contributed by atoms with Crippen LogP contribution in [0.4, 0.5) is 32.9 Å². The third-order valence-electron chi connectivity index (χ3n) is 9.64. The van der Waals surface area contributed by atoms with Crippen LogP contribution in [-0.4, -0.2) is 87.7 Å². The van der Waals surface area contributed by atoms with Crippen LogP contribution in [0.1, 0.15) is 33.5 Å². The van der Waals surface area contributed by atoms with E-state index in [9.17, 15) is 41.7 Å². The van der Waals surface area contributed by atoms with Crippen molar-refractivity contribution in [1.82, 2.24) is 14.4 Å². The second-order valence-corrected chi connectivity index (χ2v) is 19.1. The maximum absolute atomic E-state index is 11.9. The van der Waals surface area contributed by atoms with E-state index in [-0.39, 0.29) is 63.6 Å². The van der Waals surface area contributed by atoms with Gasteiger partial charge in [-0.2, -0.15) is 22.1 Å². The van der Waals surface area contributed by atoms with E-state index in [0.29, 0.717) is 44.8 Å². The molecule has 3 heterocycles. The molecule has 5 aromatic carbocycles. The Balaban J connectivity index is 0.000000844. The standard InChI is InChI=1S/C43H32N10O7S2.CH4O3S.O3S/c1-24-20-34(49-50-37-25(2)30(23-44)39-45-32-14-7-8-15-35(32)53(39)41(37)54)36(60-18-9-19-62(57,58)59)22-33(24)48-52-43-46-38(28-17-16-26-10-3-4-11-27(26)21-28)40(61-43)51-47-31-13-6-5-12-29(31)42(55)56;1-5(2,3)4;1-4(2)3/h3-8,10-17,20-22,54H,9,18-19H2,1-2H3,(H,55,56)(H,57,58,59);1H3,(H,2,3,4);. The Morgan fingerprint density at radius 2 is 1.44 bits per heavy atom. The van der Waals surface area contributed by atoms with Crippen molar-refractivity contribution in [3.05, 3.63) is 125 Å². The first kappa shape index (κ1) is 52.1. The van der Waals surface area contributed by atoms with Crippen LogP contribution >= 0.6 is 11.3 Å². The molecule has 0 radical (unpaired) electrons. The lowest BCUT2D eigenvalue weighted by atomic mass is 10.1. The number of benzene rings is 5. The van der Waals surface area contributed by atoms with Crippen LogP contribution in [0.5, 0.6) is 11.6 Å². The van der Waals surface area contributed by atoms with Gasteiger partial charge in [0, 0.05) is 17.2 Å². The molecule has 23 nitrogen and oxygen atoms in total. The molecule has 0 fully saturated rings. The van der Waals surface area contributed by atoms with E-state index in [1.807, 2.05) is 42.5 Å². The number of azo groups is 3. The average Bonchev–Trinajstić information content (AvgIpc) is 3.90. The molecular formula is C44H36N10O13S4. The first-order chi connectivity index (χ1) is 33.6. The maximum Gasteiger partial charge on any atom is 0.425 e. The highest BCUT2D eigenvalue weighted by atomic mass is 32.2. The normalized spacial score (nSPS) is 11.7. The van der Waals surface area contributed by atoms with Gasteiger partial charge in [0.05, 0.1) is 40.9 Å². The Labute approximate surface area is 408 Å². The molecule has 0 bridgehead atoms. The Hall–Kier alpha value is -8.26. The zero-order valence-corrected chi connectivity index (χ0v) is 40.3. The van der Waals surface area contributed by atoms with Crippen LogP contribution < -0.4 is 4.74 Å². The minimum atomic E-state index is -4.26. The summed E-state index contributed by atoms with van der Waals surface area (Å²) in [7, 11) is -11.0. The zero-order chi connectivity index (χ0) is 51.6. The number of aryl methyl sites for hydroxylation is 1. The minimum absolute atomic E-state index is 0.0151. The van der Waals surface area contributed by atoms with Gasteiger partial charge in [-0.25, -0.2) is 14.8 Å². The van der Waals surface area contributed by atoms with Crippen molar-refractivity contribution >= 4 is 108 Å². The van der Waals surface area contributed by atoms with Crippen molar-refractivity contribution < 1.29 is 58.3 Å². The van der Waals surface area contributed by atoms with E-state index in [0.717, 1.165) is 27.7 Å². The van der Waals surface area contributed by atoms with E-state index < -0.39 is 42.6 Å². The fourth-order valence-electron chi connectivity index (χ4n) is 6.59. The summed E-state index contributed by atoms with van der Waals surface area (Å²) >= 11 is 1.08. The summed E-state index contributed by atoms with van der Waals surface area (Å²) in [6, 6.07) is 32.3. The number of aromatic hydroxyl groups is 1. The number of para-hydroxylation sites is 2. The molecule has 0 aliphatic carbocycles. The molecule has 0 amide bonds. The number of carbonyl (C=O) groups is 1. The van der Waals surface area contributed by atoms with Crippen molar-refractivity contribution in [3.63, 3.8) is 0 Å². The highest BCUT2D eigenvalue weighted by molar-refractivity contribution is 7.85. The highest BCUT2D eigenvalue weighted by Crippen LogP contribution is 2.44. The smallest absolute Gasteiger partial charge is 0.425 e. The molecule has 0 spiro atoms. The topological polar surface area (TPSA) is 355 Å². The van der Waals surface area contributed by atoms with Crippen molar-refractivity contribution in [2.45, 2.75) is 20.3 Å². The van der Waals surface area contributed by atoms with E-state index in [2.05, 4.69) is 41.7 Å². The average molecular weight is 1040 g/mol. The zero-order valence-electron chi connectivity index (χ0n) is 37.0. The maximum atomic E-state index is 11.9. The predicted octanol–water partition coefficient (Wildman–Crippen LogP) is 10.1. The van der Waals surface area contributed by atoms with Gasteiger partial charge in [-0.15, -0.1) is 43.3 Å². The summed E-state index contributed by atoms with van der Waals surface area (Å²) in [6.07, 6.45) is 0.661. The molecule has 27 heteroatoms. The van der Waals surface area contributed by atoms with Crippen molar-refractivity contribution in [2.75, 3.05) is 18.6 Å². The van der Waals surface area contributed by atoms with E-state index in [1.165, 1.54) is 16.5 Å². The second kappa shape index (κ2) is 22.4. The first-order valence-corrected chi connectivity index (χ1v) is 25.4. The molecule has 0 saturated carbocycles. The Morgan fingerprint density at radius 3 is 2.13 bits per heavy atom. The van der Waals surface area contributed by atoms with Gasteiger partial charge < -0.3 is 14.9 Å². The Bertz CT molecular complexity index is 3840. The van der Waals surface area contributed by atoms with E-state index >= 15 is 0 Å². The molecule has 71 heavy (non-hydrogen) atoms. The molecule has 0 unspecified atom stereocenters. The number of rotatable bonds is 13. The third kappa shape index (κ3) is 13.7. The Morgan fingerprint density at radius 1 is 0.803 bits per heavy atom. The molecule has 364 valence electrons. The minimum Gasteiger partial charge on any atom is -0.493 e. The highest BCUT2D eigenvalue weighted by Gasteiger charge is 2.22. The number of aromatic carboxylic acids is 1. The summed E-state index contributed by atoms with van der Waals surface area (Å²) < 4.78 is 90.8. The molecule has 3 aromatic heterocycles. The first-order valence-electron chi connectivity index (χ1n) is 20.1. The number of nitrogens with zero attached hydrogens (tertiary/aromatic N) is 10. The summed E-state index contributed by atoms with van der Waals surface area (Å²) in [4.78, 5) is 21.1.